The SMILES string of the molecule is Cc1cc2c(=O)n(C)cc(C(C)c3ccccc3)c2o1. The largest absolute Gasteiger partial charge is 0.461 e. The van der Waals surface area contributed by atoms with E-state index in [1.165, 1.54) is 5.56 Å². The number of furan rings is 1. The molecular formula is C17H17NO2. The first-order valence-electron chi connectivity index (χ1n) is 6.72. The quantitative estimate of drug-likeness (QED) is 0.711. The molecule has 0 spiro atoms. The first-order chi connectivity index (χ1) is 9.58. The summed E-state index contributed by atoms with van der Waals surface area (Å²) in [6, 6.07) is 12.1. The molecule has 2 aromatic heterocycles. The van der Waals surface area contributed by atoms with Gasteiger partial charge in [-0.3, -0.25) is 4.79 Å². The molecule has 0 fully saturated rings. The summed E-state index contributed by atoms with van der Waals surface area (Å²) in [6.45, 7) is 4.00. The van der Waals surface area contributed by atoms with Crippen LogP contribution in [0.5, 0.6) is 0 Å². The number of pyridine rings is 1. The number of aromatic nitrogens is 1. The summed E-state index contributed by atoms with van der Waals surface area (Å²) in [6.07, 6.45) is 1.88. The van der Waals surface area contributed by atoms with Crippen molar-refractivity contribution in [1.82, 2.24) is 4.57 Å². The Morgan fingerprint density at radius 2 is 1.90 bits per heavy atom. The Labute approximate surface area is 117 Å². The van der Waals surface area contributed by atoms with E-state index in [-0.39, 0.29) is 11.5 Å². The van der Waals surface area contributed by atoms with Crippen LogP contribution in [0.2, 0.25) is 0 Å². The van der Waals surface area contributed by atoms with Crippen molar-refractivity contribution in [3.05, 3.63) is 69.8 Å². The van der Waals surface area contributed by atoms with Gasteiger partial charge in [0.25, 0.3) is 5.56 Å². The van der Waals surface area contributed by atoms with Crippen molar-refractivity contribution in [2.24, 2.45) is 7.05 Å². The van der Waals surface area contributed by atoms with Crippen LogP contribution in [0, 0.1) is 6.92 Å². The monoisotopic (exact) mass is 267 g/mol. The fourth-order valence-electron chi connectivity index (χ4n) is 2.63. The zero-order valence-corrected chi connectivity index (χ0v) is 11.9. The highest BCUT2D eigenvalue weighted by atomic mass is 16.3. The van der Waals surface area contributed by atoms with Gasteiger partial charge in [0, 0.05) is 24.7 Å². The summed E-state index contributed by atoms with van der Waals surface area (Å²) in [5.74, 6) is 0.945. The lowest BCUT2D eigenvalue weighted by molar-refractivity contribution is 0.571. The van der Waals surface area contributed by atoms with E-state index >= 15 is 0 Å². The van der Waals surface area contributed by atoms with E-state index in [9.17, 15) is 4.79 Å². The fourth-order valence-corrected chi connectivity index (χ4v) is 2.63. The average molecular weight is 267 g/mol. The maximum absolute atomic E-state index is 12.2. The third kappa shape index (κ3) is 1.95. The van der Waals surface area contributed by atoms with Crippen molar-refractivity contribution in [3.8, 4) is 0 Å². The molecule has 1 unspecified atom stereocenters. The Morgan fingerprint density at radius 3 is 2.60 bits per heavy atom. The van der Waals surface area contributed by atoms with Gasteiger partial charge in [-0.05, 0) is 18.6 Å². The van der Waals surface area contributed by atoms with E-state index in [1.807, 2.05) is 37.4 Å². The summed E-state index contributed by atoms with van der Waals surface area (Å²) >= 11 is 0. The molecule has 1 aromatic carbocycles. The van der Waals surface area contributed by atoms with Gasteiger partial charge in [-0.25, -0.2) is 0 Å². The maximum Gasteiger partial charge on any atom is 0.261 e. The molecule has 0 aliphatic heterocycles. The Morgan fingerprint density at radius 1 is 1.20 bits per heavy atom. The highest BCUT2D eigenvalue weighted by Crippen LogP contribution is 2.30. The van der Waals surface area contributed by atoms with Gasteiger partial charge in [0.15, 0.2) is 0 Å². The zero-order valence-electron chi connectivity index (χ0n) is 11.9. The molecule has 0 N–H and O–H groups in total. The highest BCUT2D eigenvalue weighted by Gasteiger charge is 2.17. The molecular weight excluding hydrogens is 250 g/mol. The summed E-state index contributed by atoms with van der Waals surface area (Å²) in [5, 5.41) is 0.658. The van der Waals surface area contributed by atoms with Gasteiger partial charge in [-0.2, -0.15) is 0 Å². The van der Waals surface area contributed by atoms with E-state index < -0.39 is 0 Å². The number of aryl methyl sites for hydroxylation is 2. The Hall–Kier alpha value is -2.29. The Balaban J connectivity index is 2.26. The fraction of sp³-hybridized carbons (Fsp3) is 0.235. The molecule has 0 radical (unpaired) electrons. The lowest BCUT2D eigenvalue weighted by Crippen LogP contribution is -2.17. The molecule has 0 amide bonds. The number of hydrogen-bond acceptors (Lipinski definition) is 2. The first-order valence-corrected chi connectivity index (χ1v) is 6.72. The number of benzene rings is 1. The summed E-state index contributed by atoms with van der Waals surface area (Å²) in [4.78, 5) is 12.2. The minimum Gasteiger partial charge on any atom is -0.461 e. The van der Waals surface area contributed by atoms with Crippen LogP contribution in [0.4, 0.5) is 0 Å². The van der Waals surface area contributed by atoms with Crippen LogP contribution in [-0.4, -0.2) is 4.57 Å². The second-order valence-electron chi connectivity index (χ2n) is 5.23. The lowest BCUT2D eigenvalue weighted by Gasteiger charge is -2.14. The topological polar surface area (TPSA) is 35.1 Å². The average Bonchev–Trinajstić information content (AvgIpc) is 2.85. The third-order valence-corrected chi connectivity index (χ3v) is 3.77. The van der Waals surface area contributed by atoms with E-state index in [4.69, 9.17) is 4.42 Å². The Kier molecular flexibility index (Phi) is 2.97. The van der Waals surface area contributed by atoms with Gasteiger partial charge in [-0.1, -0.05) is 37.3 Å². The summed E-state index contributed by atoms with van der Waals surface area (Å²) in [5.41, 5.74) is 2.95. The van der Waals surface area contributed by atoms with Gasteiger partial charge >= 0.3 is 0 Å². The number of fused-ring (bicyclic) bond motifs is 1. The molecule has 102 valence electrons. The molecule has 0 aliphatic carbocycles. The van der Waals surface area contributed by atoms with Crippen LogP contribution in [0.25, 0.3) is 11.0 Å². The summed E-state index contributed by atoms with van der Waals surface area (Å²) < 4.78 is 7.40. The number of hydrogen-bond donors (Lipinski definition) is 0. The van der Waals surface area contributed by atoms with Crippen LogP contribution >= 0.6 is 0 Å². The molecule has 20 heavy (non-hydrogen) atoms. The van der Waals surface area contributed by atoms with Crippen LogP contribution in [-0.2, 0) is 7.05 Å². The standard InChI is InChI=1S/C17H17NO2/c1-11-9-14-16(20-11)15(10-18(3)17(14)19)12(2)13-7-5-4-6-8-13/h4-10,12H,1-3H3. The van der Waals surface area contributed by atoms with Crippen molar-refractivity contribution in [1.29, 1.82) is 0 Å². The third-order valence-electron chi connectivity index (χ3n) is 3.77. The second-order valence-corrected chi connectivity index (χ2v) is 5.23. The molecule has 3 rings (SSSR count). The first kappa shape index (κ1) is 12.7. The van der Waals surface area contributed by atoms with Crippen LogP contribution < -0.4 is 5.56 Å². The molecule has 0 saturated heterocycles. The molecule has 0 bridgehead atoms. The van der Waals surface area contributed by atoms with Crippen molar-refractivity contribution in [2.45, 2.75) is 19.8 Å². The van der Waals surface area contributed by atoms with E-state index in [2.05, 4.69) is 19.1 Å². The van der Waals surface area contributed by atoms with Crippen molar-refractivity contribution in [3.63, 3.8) is 0 Å². The van der Waals surface area contributed by atoms with E-state index in [1.54, 1.807) is 11.6 Å². The van der Waals surface area contributed by atoms with Crippen LogP contribution in [0.1, 0.15) is 29.7 Å². The predicted molar refractivity (Wildman–Crippen MR) is 80.2 cm³/mol. The molecule has 3 nitrogen and oxygen atoms in total. The minimum atomic E-state index is -0.0131. The zero-order chi connectivity index (χ0) is 14.3. The van der Waals surface area contributed by atoms with Crippen LogP contribution in [0.15, 0.2) is 51.8 Å². The maximum atomic E-state index is 12.2. The van der Waals surface area contributed by atoms with Gasteiger partial charge in [0.1, 0.15) is 11.3 Å². The van der Waals surface area contributed by atoms with Gasteiger partial charge < -0.3 is 8.98 Å². The molecule has 3 heteroatoms. The van der Waals surface area contributed by atoms with Crippen molar-refractivity contribution >= 4 is 11.0 Å². The smallest absolute Gasteiger partial charge is 0.261 e. The number of nitrogens with zero attached hydrogens (tertiary/aromatic N) is 1. The normalized spacial score (nSPS) is 12.8. The molecule has 2 heterocycles. The predicted octanol–water partition coefficient (Wildman–Crippen LogP) is 3.59. The van der Waals surface area contributed by atoms with Gasteiger partial charge in [0.05, 0.1) is 5.39 Å². The molecule has 3 aromatic rings. The van der Waals surface area contributed by atoms with E-state index in [0.717, 1.165) is 11.3 Å². The van der Waals surface area contributed by atoms with E-state index in [0.29, 0.717) is 11.0 Å². The molecule has 0 saturated carbocycles. The summed E-state index contributed by atoms with van der Waals surface area (Å²) in [7, 11) is 1.78. The lowest BCUT2D eigenvalue weighted by atomic mass is 9.93. The van der Waals surface area contributed by atoms with Crippen LogP contribution in [0.3, 0.4) is 0 Å². The van der Waals surface area contributed by atoms with Crippen molar-refractivity contribution in [2.75, 3.05) is 0 Å². The molecule has 0 aliphatic rings. The highest BCUT2D eigenvalue weighted by molar-refractivity contribution is 5.80. The van der Waals surface area contributed by atoms with Gasteiger partial charge in [-0.15, -0.1) is 0 Å². The number of rotatable bonds is 2. The Bertz CT molecular complexity index is 812. The second kappa shape index (κ2) is 4.67. The molecule has 1 atom stereocenters. The minimum absolute atomic E-state index is 0.0131. The van der Waals surface area contributed by atoms with Gasteiger partial charge in [0.2, 0.25) is 0 Å². The van der Waals surface area contributed by atoms with Crippen molar-refractivity contribution < 1.29 is 4.42 Å².